The number of hydrogen-bond acceptors (Lipinski definition) is 4. The number of ether oxygens (including phenoxy) is 2. The monoisotopic (exact) mass is 340 g/mol. The molecule has 130 valence electrons. The molecule has 0 unspecified atom stereocenters. The summed E-state index contributed by atoms with van der Waals surface area (Å²) >= 11 is 0. The Kier molecular flexibility index (Phi) is 4.88. The van der Waals surface area contributed by atoms with Gasteiger partial charge in [0.25, 0.3) is 5.91 Å². The van der Waals surface area contributed by atoms with Gasteiger partial charge in [-0.05, 0) is 23.8 Å². The van der Waals surface area contributed by atoms with E-state index in [1.807, 2.05) is 24.3 Å². The largest absolute Gasteiger partial charge is 0.497 e. The van der Waals surface area contributed by atoms with Gasteiger partial charge >= 0.3 is 0 Å². The van der Waals surface area contributed by atoms with Crippen molar-refractivity contribution < 1.29 is 19.1 Å². The predicted octanol–water partition coefficient (Wildman–Crippen LogP) is 1.78. The van der Waals surface area contributed by atoms with E-state index in [2.05, 4.69) is 5.32 Å². The Bertz CT molecular complexity index is 790. The number of nitrogens with zero attached hydrogens (tertiary/aromatic N) is 1. The first-order valence-electron chi connectivity index (χ1n) is 8.02. The summed E-state index contributed by atoms with van der Waals surface area (Å²) in [5.41, 5.74) is 1.74. The molecule has 1 N–H and O–H groups in total. The lowest BCUT2D eigenvalue weighted by atomic mass is 10.1. The number of benzene rings is 2. The van der Waals surface area contributed by atoms with E-state index in [-0.39, 0.29) is 18.4 Å². The Morgan fingerprint density at radius 1 is 1.16 bits per heavy atom. The fourth-order valence-electron chi connectivity index (χ4n) is 2.98. The van der Waals surface area contributed by atoms with Crippen LogP contribution in [0.2, 0.25) is 0 Å². The molecule has 1 aliphatic heterocycles. The lowest BCUT2D eigenvalue weighted by molar-refractivity contribution is -0.126. The highest BCUT2D eigenvalue weighted by molar-refractivity contribution is 6.04. The van der Waals surface area contributed by atoms with Gasteiger partial charge in [0.05, 0.1) is 7.11 Å². The summed E-state index contributed by atoms with van der Waals surface area (Å²) in [7, 11) is 3.14. The molecule has 6 nitrogen and oxygen atoms in total. The summed E-state index contributed by atoms with van der Waals surface area (Å²) < 4.78 is 10.7. The number of rotatable bonds is 5. The van der Waals surface area contributed by atoms with Gasteiger partial charge in [0.1, 0.15) is 17.5 Å². The van der Waals surface area contributed by atoms with Gasteiger partial charge in [-0.15, -0.1) is 0 Å². The first-order valence-corrected chi connectivity index (χ1v) is 8.02. The van der Waals surface area contributed by atoms with Crippen molar-refractivity contribution in [1.82, 2.24) is 5.32 Å². The van der Waals surface area contributed by atoms with Gasteiger partial charge in [-0.25, -0.2) is 0 Å². The van der Waals surface area contributed by atoms with Crippen molar-refractivity contribution in [2.24, 2.45) is 0 Å². The third-order valence-corrected chi connectivity index (χ3v) is 4.20. The Morgan fingerprint density at radius 3 is 2.68 bits per heavy atom. The lowest BCUT2D eigenvalue weighted by Crippen LogP contribution is -2.48. The van der Waals surface area contributed by atoms with Crippen LogP contribution in [0.25, 0.3) is 0 Å². The van der Waals surface area contributed by atoms with Gasteiger partial charge in [0.15, 0.2) is 6.61 Å². The highest BCUT2D eigenvalue weighted by Gasteiger charge is 2.37. The molecular formula is C19H20N2O4. The molecule has 0 aliphatic carbocycles. The Labute approximate surface area is 146 Å². The van der Waals surface area contributed by atoms with Crippen molar-refractivity contribution in [3.63, 3.8) is 0 Å². The normalized spacial score (nSPS) is 15.4. The second-order valence-corrected chi connectivity index (χ2v) is 5.69. The minimum Gasteiger partial charge on any atom is -0.497 e. The molecule has 1 aliphatic rings. The molecule has 0 aromatic heterocycles. The molecule has 2 aromatic rings. The fraction of sp³-hybridized carbons (Fsp3) is 0.263. The molecule has 0 saturated carbocycles. The zero-order valence-corrected chi connectivity index (χ0v) is 14.2. The molecule has 1 atom stereocenters. The number of methoxy groups -OCH3 is 1. The Morgan fingerprint density at radius 2 is 1.92 bits per heavy atom. The summed E-state index contributed by atoms with van der Waals surface area (Å²) in [6.07, 6.45) is 0.501. The van der Waals surface area contributed by atoms with Crippen molar-refractivity contribution in [3.05, 3.63) is 54.1 Å². The predicted molar refractivity (Wildman–Crippen MR) is 94.0 cm³/mol. The van der Waals surface area contributed by atoms with E-state index in [0.29, 0.717) is 17.9 Å². The van der Waals surface area contributed by atoms with Gasteiger partial charge in [-0.3, -0.25) is 14.5 Å². The van der Waals surface area contributed by atoms with Gasteiger partial charge in [-0.2, -0.15) is 0 Å². The summed E-state index contributed by atoms with van der Waals surface area (Å²) in [5, 5.41) is 2.63. The summed E-state index contributed by atoms with van der Waals surface area (Å²) in [6.45, 7) is -0.158. The van der Waals surface area contributed by atoms with Crippen molar-refractivity contribution in [1.29, 1.82) is 0 Å². The lowest BCUT2D eigenvalue weighted by Gasteiger charge is -2.24. The fourth-order valence-corrected chi connectivity index (χ4v) is 2.98. The third-order valence-electron chi connectivity index (χ3n) is 4.20. The van der Waals surface area contributed by atoms with Gasteiger partial charge < -0.3 is 14.8 Å². The van der Waals surface area contributed by atoms with E-state index in [1.165, 1.54) is 4.90 Å². The van der Waals surface area contributed by atoms with Crippen LogP contribution in [-0.2, 0) is 16.0 Å². The van der Waals surface area contributed by atoms with Gasteiger partial charge in [-0.1, -0.05) is 24.3 Å². The maximum absolute atomic E-state index is 12.8. The average Bonchev–Trinajstić information content (AvgIpc) is 3.05. The molecule has 6 heteroatoms. The van der Waals surface area contributed by atoms with Crippen LogP contribution >= 0.6 is 0 Å². The van der Waals surface area contributed by atoms with Crippen LogP contribution in [-0.4, -0.2) is 38.6 Å². The highest BCUT2D eigenvalue weighted by Crippen LogP contribution is 2.32. The average molecular weight is 340 g/mol. The van der Waals surface area contributed by atoms with Crippen molar-refractivity contribution in [3.8, 4) is 11.5 Å². The van der Waals surface area contributed by atoms with Crippen LogP contribution in [0.15, 0.2) is 48.5 Å². The third kappa shape index (κ3) is 3.42. The number of likely N-dealkylation sites (N-methyl/N-ethyl adjacent to an activating group) is 1. The maximum Gasteiger partial charge on any atom is 0.265 e. The van der Waals surface area contributed by atoms with Gasteiger partial charge in [0.2, 0.25) is 5.91 Å². The number of carbonyl (C=O) groups is 2. The number of para-hydroxylation sites is 1. The molecule has 0 fully saturated rings. The van der Waals surface area contributed by atoms with Crippen LogP contribution in [0.3, 0.4) is 0 Å². The quantitative estimate of drug-likeness (QED) is 0.901. The summed E-state index contributed by atoms with van der Waals surface area (Å²) in [5.74, 6) is 0.740. The Balaban J connectivity index is 1.77. The summed E-state index contributed by atoms with van der Waals surface area (Å²) in [4.78, 5) is 26.5. The van der Waals surface area contributed by atoms with E-state index in [4.69, 9.17) is 9.47 Å². The maximum atomic E-state index is 12.8. The molecular weight excluding hydrogens is 320 g/mol. The molecule has 25 heavy (non-hydrogen) atoms. The van der Waals surface area contributed by atoms with Crippen LogP contribution in [0.1, 0.15) is 5.56 Å². The second-order valence-electron chi connectivity index (χ2n) is 5.69. The minimum atomic E-state index is -0.552. The topological polar surface area (TPSA) is 67.9 Å². The molecule has 2 aromatic carbocycles. The first-order chi connectivity index (χ1) is 12.1. The Hall–Kier alpha value is -3.02. The van der Waals surface area contributed by atoms with Crippen LogP contribution < -0.4 is 19.7 Å². The number of amides is 2. The van der Waals surface area contributed by atoms with Crippen LogP contribution in [0.5, 0.6) is 11.5 Å². The number of nitrogens with one attached hydrogen (secondary N) is 1. The zero-order chi connectivity index (χ0) is 17.8. The van der Waals surface area contributed by atoms with Crippen molar-refractivity contribution >= 4 is 17.5 Å². The second kappa shape index (κ2) is 7.25. The van der Waals surface area contributed by atoms with E-state index >= 15 is 0 Å². The van der Waals surface area contributed by atoms with Crippen LogP contribution in [0, 0.1) is 0 Å². The molecule has 2 amide bonds. The van der Waals surface area contributed by atoms with Gasteiger partial charge in [0, 0.05) is 25.2 Å². The zero-order valence-electron chi connectivity index (χ0n) is 14.2. The number of fused-ring (bicyclic) bond motifs is 1. The van der Waals surface area contributed by atoms with E-state index < -0.39 is 6.04 Å². The number of carbonyl (C=O) groups excluding carboxylic acids is 2. The molecule has 0 radical (unpaired) electrons. The first kappa shape index (κ1) is 16.8. The molecule has 1 heterocycles. The molecule has 0 bridgehead atoms. The van der Waals surface area contributed by atoms with Crippen LogP contribution in [0.4, 0.5) is 5.69 Å². The SMILES string of the molecule is CNC(=O)[C@@H]1Cc2ccccc2N1C(=O)COc1cccc(OC)c1. The van der Waals surface area contributed by atoms with E-state index in [1.54, 1.807) is 38.4 Å². The standard InChI is InChI=1S/C19H20N2O4/c1-20-19(23)17-10-13-6-3-4-9-16(13)21(17)18(22)12-25-15-8-5-7-14(11-15)24-2/h3-9,11,17H,10,12H2,1-2H3,(H,20,23)/t17-/m0/s1. The van der Waals surface area contributed by atoms with Crippen molar-refractivity contribution in [2.75, 3.05) is 25.7 Å². The highest BCUT2D eigenvalue weighted by atomic mass is 16.5. The number of anilines is 1. The smallest absolute Gasteiger partial charge is 0.265 e. The van der Waals surface area contributed by atoms with E-state index in [0.717, 1.165) is 11.3 Å². The summed E-state index contributed by atoms with van der Waals surface area (Å²) in [6, 6.07) is 14.0. The molecule has 3 rings (SSSR count). The minimum absolute atomic E-state index is 0.158. The number of hydrogen-bond donors (Lipinski definition) is 1. The molecule has 0 spiro atoms. The van der Waals surface area contributed by atoms with E-state index in [9.17, 15) is 9.59 Å². The molecule has 0 saturated heterocycles. The van der Waals surface area contributed by atoms with Crippen molar-refractivity contribution in [2.45, 2.75) is 12.5 Å².